The lowest BCUT2D eigenvalue weighted by molar-refractivity contribution is 0.475. The Morgan fingerprint density at radius 2 is 1.25 bits per heavy atom. The van der Waals surface area contributed by atoms with E-state index >= 15 is 0 Å². The number of aryl methyl sites for hydroxylation is 2. The number of rotatable bonds is 8. The van der Waals surface area contributed by atoms with Crippen LogP contribution in [0.4, 0.5) is 0 Å². The summed E-state index contributed by atoms with van der Waals surface area (Å²) in [5.74, 6) is 0.333. The van der Waals surface area contributed by atoms with E-state index in [9.17, 15) is 5.11 Å². The number of phenolic OH excluding ortho intramolecular Hbond substituents is 1. The molecule has 0 aliphatic heterocycles. The molecule has 20 heavy (non-hydrogen) atoms. The first-order valence-electron chi connectivity index (χ1n) is 7.30. The molecule has 0 saturated heterocycles. The van der Waals surface area contributed by atoms with Crippen molar-refractivity contribution in [2.45, 2.75) is 25.7 Å². The Morgan fingerprint density at radius 1 is 0.700 bits per heavy atom. The molecule has 1 radical (unpaired) electrons. The highest BCUT2D eigenvalue weighted by atomic mass is 16.3. The summed E-state index contributed by atoms with van der Waals surface area (Å²) in [6, 6.07) is 18.0. The Bertz CT molecular complexity index is 479. The Balaban J connectivity index is 1.51. The zero-order chi connectivity index (χ0) is 14.0. The summed E-state index contributed by atoms with van der Waals surface area (Å²) in [5.41, 5.74) is 2.66. The quantitative estimate of drug-likeness (QED) is 0.730. The highest BCUT2D eigenvalue weighted by Crippen LogP contribution is 2.10. The normalized spacial score (nSPS) is 10.6. The summed E-state index contributed by atoms with van der Waals surface area (Å²) < 4.78 is 0. The van der Waals surface area contributed by atoms with Gasteiger partial charge in [0.1, 0.15) is 5.75 Å². The number of benzene rings is 2. The van der Waals surface area contributed by atoms with Gasteiger partial charge in [-0.25, -0.2) is 5.32 Å². The van der Waals surface area contributed by atoms with Crippen molar-refractivity contribution in [3.63, 3.8) is 0 Å². The molecule has 105 valence electrons. The molecule has 2 aromatic rings. The summed E-state index contributed by atoms with van der Waals surface area (Å²) in [6.07, 6.45) is 4.35. The standard InChI is InChI=1S/C18H22NO/c20-18-12-10-17(11-13-18)9-5-15-19-14-4-8-16-6-2-1-3-7-16/h1-3,6-7,10-13,20H,4-5,8-9,14-15H2. The molecule has 1 N–H and O–H groups in total. The van der Waals surface area contributed by atoms with Crippen LogP contribution in [0.5, 0.6) is 5.75 Å². The Morgan fingerprint density at radius 3 is 1.85 bits per heavy atom. The maximum atomic E-state index is 9.20. The molecule has 0 aliphatic rings. The van der Waals surface area contributed by atoms with Gasteiger partial charge in [0, 0.05) is 13.1 Å². The zero-order valence-corrected chi connectivity index (χ0v) is 11.8. The van der Waals surface area contributed by atoms with E-state index in [2.05, 4.69) is 35.6 Å². The lowest BCUT2D eigenvalue weighted by Crippen LogP contribution is -2.10. The van der Waals surface area contributed by atoms with E-state index in [1.165, 1.54) is 11.1 Å². The minimum Gasteiger partial charge on any atom is -0.508 e. The second-order valence-corrected chi connectivity index (χ2v) is 5.03. The Hall–Kier alpha value is -1.80. The highest BCUT2D eigenvalue weighted by molar-refractivity contribution is 5.25. The second kappa shape index (κ2) is 8.39. The fourth-order valence-electron chi connectivity index (χ4n) is 2.21. The van der Waals surface area contributed by atoms with Crippen LogP contribution in [0.2, 0.25) is 0 Å². The Labute approximate surface area is 121 Å². The molecule has 0 amide bonds. The van der Waals surface area contributed by atoms with Crippen LogP contribution in [-0.2, 0) is 12.8 Å². The van der Waals surface area contributed by atoms with Gasteiger partial charge in [-0.05, 0) is 48.9 Å². The predicted molar refractivity (Wildman–Crippen MR) is 83.1 cm³/mol. The predicted octanol–water partition coefficient (Wildman–Crippen LogP) is 3.56. The maximum Gasteiger partial charge on any atom is 0.115 e. The van der Waals surface area contributed by atoms with E-state index in [0.29, 0.717) is 5.75 Å². The third kappa shape index (κ3) is 5.45. The van der Waals surface area contributed by atoms with Gasteiger partial charge in [-0.3, -0.25) is 0 Å². The largest absolute Gasteiger partial charge is 0.508 e. The molecule has 2 heteroatoms. The fraction of sp³-hybridized carbons (Fsp3) is 0.333. The topological polar surface area (TPSA) is 34.3 Å². The maximum absolute atomic E-state index is 9.20. The van der Waals surface area contributed by atoms with Crippen LogP contribution in [0.1, 0.15) is 24.0 Å². The van der Waals surface area contributed by atoms with Crippen molar-refractivity contribution in [1.29, 1.82) is 0 Å². The van der Waals surface area contributed by atoms with Crippen molar-refractivity contribution in [3.8, 4) is 5.75 Å². The number of phenols is 1. The number of hydrogen-bond donors (Lipinski definition) is 1. The SMILES string of the molecule is Oc1ccc(CCC[N]CCCc2ccccc2)cc1. The highest BCUT2D eigenvalue weighted by Gasteiger charge is 1.96. The van der Waals surface area contributed by atoms with Crippen molar-refractivity contribution >= 4 is 0 Å². The molecule has 0 saturated carbocycles. The van der Waals surface area contributed by atoms with E-state index in [-0.39, 0.29) is 0 Å². The van der Waals surface area contributed by atoms with Crippen LogP contribution in [0, 0.1) is 0 Å². The first-order chi connectivity index (χ1) is 9.84. The van der Waals surface area contributed by atoms with E-state index in [1.807, 2.05) is 12.1 Å². The molecule has 0 aromatic heterocycles. The van der Waals surface area contributed by atoms with Gasteiger partial charge >= 0.3 is 0 Å². The van der Waals surface area contributed by atoms with Crippen molar-refractivity contribution in [2.24, 2.45) is 0 Å². The zero-order valence-electron chi connectivity index (χ0n) is 11.8. The smallest absolute Gasteiger partial charge is 0.115 e. The lowest BCUT2D eigenvalue weighted by atomic mass is 10.1. The summed E-state index contributed by atoms with van der Waals surface area (Å²) in [7, 11) is 0. The molecule has 0 heterocycles. The van der Waals surface area contributed by atoms with Crippen molar-refractivity contribution in [1.82, 2.24) is 5.32 Å². The Kier molecular flexibility index (Phi) is 6.12. The van der Waals surface area contributed by atoms with Crippen LogP contribution in [0.3, 0.4) is 0 Å². The average Bonchev–Trinajstić information content (AvgIpc) is 2.49. The molecule has 0 bridgehead atoms. The van der Waals surface area contributed by atoms with Crippen LogP contribution in [0.25, 0.3) is 0 Å². The van der Waals surface area contributed by atoms with Crippen molar-refractivity contribution < 1.29 is 5.11 Å². The molecule has 0 fully saturated rings. The van der Waals surface area contributed by atoms with Gasteiger partial charge in [-0.2, -0.15) is 0 Å². The van der Waals surface area contributed by atoms with Crippen LogP contribution < -0.4 is 5.32 Å². The molecule has 2 aromatic carbocycles. The summed E-state index contributed by atoms with van der Waals surface area (Å²) in [6.45, 7) is 1.88. The number of nitrogens with zero attached hydrogens (tertiary/aromatic N) is 1. The third-order valence-electron chi connectivity index (χ3n) is 3.34. The molecule has 0 spiro atoms. The first kappa shape index (κ1) is 14.6. The van der Waals surface area contributed by atoms with Gasteiger partial charge in [0.25, 0.3) is 0 Å². The van der Waals surface area contributed by atoms with Crippen molar-refractivity contribution in [3.05, 3.63) is 65.7 Å². The number of hydrogen-bond acceptors (Lipinski definition) is 1. The van der Waals surface area contributed by atoms with Crippen LogP contribution in [0.15, 0.2) is 54.6 Å². The first-order valence-corrected chi connectivity index (χ1v) is 7.30. The van der Waals surface area contributed by atoms with Crippen LogP contribution in [-0.4, -0.2) is 18.2 Å². The van der Waals surface area contributed by atoms with E-state index < -0.39 is 0 Å². The van der Waals surface area contributed by atoms with E-state index in [4.69, 9.17) is 0 Å². The van der Waals surface area contributed by atoms with Gasteiger partial charge in [0.2, 0.25) is 0 Å². The summed E-state index contributed by atoms with van der Waals surface area (Å²) in [4.78, 5) is 0. The van der Waals surface area contributed by atoms with Gasteiger partial charge in [0.05, 0.1) is 0 Å². The molecule has 0 aliphatic carbocycles. The van der Waals surface area contributed by atoms with Gasteiger partial charge < -0.3 is 5.11 Å². The monoisotopic (exact) mass is 268 g/mol. The fourth-order valence-corrected chi connectivity index (χ4v) is 2.21. The molecular weight excluding hydrogens is 246 g/mol. The lowest BCUT2D eigenvalue weighted by Gasteiger charge is -2.04. The summed E-state index contributed by atoms with van der Waals surface area (Å²) in [5, 5.41) is 13.8. The van der Waals surface area contributed by atoms with E-state index in [1.54, 1.807) is 12.1 Å². The van der Waals surface area contributed by atoms with Gasteiger partial charge in [-0.15, -0.1) is 0 Å². The van der Waals surface area contributed by atoms with Crippen molar-refractivity contribution in [2.75, 3.05) is 13.1 Å². The van der Waals surface area contributed by atoms with Gasteiger partial charge in [-0.1, -0.05) is 42.5 Å². The molecular formula is C18H22NO. The molecule has 0 atom stereocenters. The number of aromatic hydroxyl groups is 1. The van der Waals surface area contributed by atoms with Crippen LogP contribution >= 0.6 is 0 Å². The summed E-state index contributed by atoms with van der Waals surface area (Å²) >= 11 is 0. The molecule has 2 nitrogen and oxygen atoms in total. The third-order valence-corrected chi connectivity index (χ3v) is 3.34. The van der Waals surface area contributed by atoms with Gasteiger partial charge in [0.15, 0.2) is 0 Å². The minimum atomic E-state index is 0.333. The van der Waals surface area contributed by atoms with E-state index in [0.717, 1.165) is 38.8 Å². The minimum absolute atomic E-state index is 0.333. The second-order valence-electron chi connectivity index (χ2n) is 5.03. The average molecular weight is 268 g/mol. The molecule has 2 rings (SSSR count). The molecule has 0 unspecified atom stereocenters.